The third-order valence-corrected chi connectivity index (χ3v) is 5.54. The molecule has 1 aromatic heterocycles. The van der Waals surface area contributed by atoms with Gasteiger partial charge in [-0.15, -0.1) is 0 Å². The van der Waals surface area contributed by atoms with Gasteiger partial charge in [0.15, 0.2) is 0 Å². The molecule has 2 amide bonds. The topological polar surface area (TPSA) is 45.6 Å². The fraction of sp³-hybridized carbons (Fsp3) is 0.524. The van der Waals surface area contributed by atoms with Crippen molar-refractivity contribution in [3.63, 3.8) is 0 Å². The van der Waals surface area contributed by atoms with Gasteiger partial charge >= 0.3 is 6.18 Å². The maximum atomic E-state index is 13.0. The summed E-state index contributed by atoms with van der Waals surface area (Å²) in [7, 11) is 1.65. The molecule has 1 saturated heterocycles. The van der Waals surface area contributed by atoms with Crippen molar-refractivity contribution in [2.45, 2.75) is 38.8 Å². The van der Waals surface area contributed by atoms with E-state index in [1.54, 1.807) is 23.4 Å². The number of rotatable bonds is 4. The first-order valence-electron chi connectivity index (χ1n) is 9.96. The average molecular weight is 409 g/mol. The molecule has 5 nitrogen and oxygen atoms in total. The lowest BCUT2D eigenvalue weighted by molar-refractivity contribution is -0.137. The smallest absolute Gasteiger partial charge is 0.341 e. The van der Waals surface area contributed by atoms with Crippen LogP contribution in [-0.4, -0.2) is 52.4 Å². The number of hydrogen-bond donors (Lipinski definition) is 0. The molecule has 158 valence electrons. The molecule has 3 rings (SSSR count). The minimum absolute atomic E-state index is 0.0232. The van der Waals surface area contributed by atoms with Crippen molar-refractivity contribution in [3.05, 3.63) is 35.5 Å². The van der Waals surface area contributed by atoms with Gasteiger partial charge in [-0.2, -0.15) is 13.2 Å². The molecule has 0 radical (unpaired) electrons. The van der Waals surface area contributed by atoms with E-state index in [0.717, 1.165) is 37.8 Å². The van der Waals surface area contributed by atoms with Crippen LogP contribution in [0.25, 0.3) is 10.9 Å². The van der Waals surface area contributed by atoms with Gasteiger partial charge in [0, 0.05) is 37.6 Å². The predicted octanol–water partition coefficient (Wildman–Crippen LogP) is 4.06. The van der Waals surface area contributed by atoms with Crippen LogP contribution in [-0.2, 0) is 18.0 Å². The van der Waals surface area contributed by atoms with Gasteiger partial charge in [-0.1, -0.05) is 12.8 Å². The quantitative estimate of drug-likeness (QED) is 0.765. The molecule has 0 spiro atoms. The van der Waals surface area contributed by atoms with Crippen LogP contribution in [0, 0.1) is 0 Å². The van der Waals surface area contributed by atoms with Crippen molar-refractivity contribution in [3.8, 4) is 0 Å². The predicted molar refractivity (Wildman–Crippen MR) is 105 cm³/mol. The highest BCUT2D eigenvalue weighted by Crippen LogP contribution is 2.32. The summed E-state index contributed by atoms with van der Waals surface area (Å²) in [5.74, 6) is -0.442. The Morgan fingerprint density at radius 3 is 2.31 bits per heavy atom. The second-order valence-corrected chi connectivity index (χ2v) is 7.47. The molecule has 0 atom stereocenters. The lowest BCUT2D eigenvalue weighted by atomic mass is 10.1. The van der Waals surface area contributed by atoms with E-state index in [4.69, 9.17) is 0 Å². The lowest BCUT2D eigenvalue weighted by Crippen LogP contribution is -2.43. The summed E-state index contributed by atoms with van der Waals surface area (Å²) in [5, 5.41) is 0.348. The maximum absolute atomic E-state index is 13.0. The van der Waals surface area contributed by atoms with Crippen LogP contribution in [0.3, 0.4) is 0 Å². The van der Waals surface area contributed by atoms with Gasteiger partial charge in [0.1, 0.15) is 12.2 Å². The van der Waals surface area contributed by atoms with E-state index in [1.807, 2.05) is 0 Å². The van der Waals surface area contributed by atoms with Crippen LogP contribution in [0.1, 0.15) is 48.7 Å². The molecule has 0 aliphatic carbocycles. The molecule has 2 heterocycles. The average Bonchev–Trinajstić information content (AvgIpc) is 2.86. The molecule has 1 aliphatic heterocycles. The number of carbonyl (C=O) groups excluding carboxylic acids is 2. The molecule has 8 heteroatoms. The second-order valence-electron chi connectivity index (χ2n) is 7.47. The fourth-order valence-corrected chi connectivity index (χ4v) is 3.80. The summed E-state index contributed by atoms with van der Waals surface area (Å²) >= 11 is 0. The highest BCUT2D eigenvalue weighted by Gasteiger charge is 2.31. The normalized spacial score (nSPS) is 15.4. The minimum Gasteiger partial charge on any atom is -0.341 e. The number of hydrogen-bond acceptors (Lipinski definition) is 2. The van der Waals surface area contributed by atoms with E-state index in [2.05, 4.69) is 0 Å². The van der Waals surface area contributed by atoms with Crippen molar-refractivity contribution in [1.29, 1.82) is 0 Å². The third-order valence-electron chi connectivity index (χ3n) is 5.54. The Morgan fingerprint density at radius 1 is 1.07 bits per heavy atom. The van der Waals surface area contributed by atoms with Crippen LogP contribution in [0.2, 0.25) is 0 Å². The minimum atomic E-state index is -4.44. The molecule has 0 saturated carbocycles. The highest BCUT2D eigenvalue weighted by atomic mass is 19.4. The molecular weight excluding hydrogens is 383 g/mol. The van der Waals surface area contributed by atoms with Crippen LogP contribution < -0.4 is 0 Å². The Bertz CT molecular complexity index is 896. The number of alkyl halides is 3. The highest BCUT2D eigenvalue weighted by molar-refractivity contribution is 6.00. The molecule has 1 aromatic carbocycles. The zero-order valence-electron chi connectivity index (χ0n) is 16.8. The summed E-state index contributed by atoms with van der Waals surface area (Å²) in [6, 6.07) is 4.89. The number of likely N-dealkylation sites (N-methyl/N-ethyl adjacent to an activating group) is 1. The number of benzene rings is 1. The van der Waals surface area contributed by atoms with Crippen molar-refractivity contribution >= 4 is 22.7 Å². The second kappa shape index (κ2) is 8.47. The van der Waals surface area contributed by atoms with Crippen LogP contribution >= 0.6 is 0 Å². The molecule has 0 N–H and O–H groups in total. The van der Waals surface area contributed by atoms with Gasteiger partial charge in [-0.3, -0.25) is 9.59 Å². The van der Waals surface area contributed by atoms with Gasteiger partial charge in [-0.25, -0.2) is 0 Å². The molecule has 1 fully saturated rings. The summed E-state index contributed by atoms with van der Waals surface area (Å²) in [6.07, 6.45) is -0.289. The van der Waals surface area contributed by atoms with Gasteiger partial charge < -0.3 is 14.4 Å². The van der Waals surface area contributed by atoms with Gasteiger partial charge in [-0.05, 0) is 44.0 Å². The van der Waals surface area contributed by atoms with Crippen molar-refractivity contribution in [2.24, 2.45) is 7.05 Å². The van der Waals surface area contributed by atoms with Crippen LogP contribution in [0.4, 0.5) is 13.2 Å². The third kappa shape index (κ3) is 4.57. The largest absolute Gasteiger partial charge is 0.416 e. The number of likely N-dealkylation sites (tertiary alicyclic amines) is 1. The number of nitrogens with zero attached hydrogens (tertiary/aromatic N) is 3. The van der Waals surface area contributed by atoms with Crippen molar-refractivity contribution in [2.75, 3.05) is 26.2 Å². The molecule has 29 heavy (non-hydrogen) atoms. The number of carbonyl (C=O) groups is 2. The van der Waals surface area contributed by atoms with Crippen molar-refractivity contribution < 1.29 is 22.8 Å². The number of amides is 2. The summed E-state index contributed by atoms with van der Waals surface area (Å²) < 4.78 is 40.5. The summed E-state index contributed by atoms with van der Waals surface area (Å²) in [4.78, 5) is 29.0. The number of aromatic nitrogens is 1. The van der Waals surface area contributed by atoms with E-state index in [0.29, 0.717) is 30.5 Å². The number of fused-ring (bicyclic) bond motifs is 1. The molecule has 0 bridgehead atoms. The zero-order valence-corrected chi connectivity index (χ0v) is 16.8. The summed E-state index contributed by atoms with van der Waals surface area (Å²) in [5.41, 5.74) is 0.0550. The molecule has 2 aromatic rings. The van der Waals surface area contributed by atoms with Gasteiger partial charge in [0.2, 0.25) is 5.91 Å². The number of halogens is 3. The van der Waals surface area contributed by atoms with E-state index in [9.17, 15) is 22.8 Å². The van der Waals surface area contributed by atoms with Crippen LogP contribution in [0.15, 0.2) is 24.3 Å². The van der Waals surface area contributed by atoms with Crippen LogP contribution in [0.5, 0.6) is 0 Å². The Balaban J connectivity index is 1.82. The standard InChI is InChI=1S/C21H26F3N3O2/c1-3-26(14-19(28)27-10-6-4-5-7-11-27)20(29)18-13-15-12-16(21(22,23)24)8-9-17(15)25(18)2/h8-9,12-13H,3-7,10-11,14H2,1-2H3. The molecule has 1 aliphatic rings. The fourth-order valence-electron chi connectivity index (χ4n) is 3.80. The first-order valence-corrected chi connectivity index (χ1v) is 9.96. The van der Waals surface area contributed by atoms with E-state index >= 15 is 0 Å². The van der Waals surface area contributed by atoms with Gasteiger partial charge in [0.05, 0.1) is 5.56 Å². The van der Waals surface area contributed by atoms with E-state index in [1.165, 1.54) is 17.0 Å². The molecule has 0 unspecified atom stereocenters. The van der Waals surface area contributed by atoms with Crippen molar-refractivity contribution in [1.82, 2.24) is 14.4 Å². The number of aryl methyl sites for hydroxylation is 1. The monoisotopic (exact) mass is 409 g/mol. The Morgan fingerprint density at radius 2 is 1.72 bits per heavy atom. The van der Waals surface area contributed by atoms with Gasteiger partial charge in [0.25, 0.3) is 5.91 Å². The maximum Gasteiger partial charge on any atom is 0.416 e. The summed E-state index contributed by atoms with van der Waals surface area (Å²) in [6.45, 7) is 3.52. The first kappa shape index (κ1) is 21.2. The van der Waals surface area contributed by atoms with E-state index < -0.39 is 11.7 Å². The Labute approximate surface area is 168 Å². The first-order chi connectivity index (χ1) is 13.7. The SMILES string of the molecule is CCN(CC(=O)N1CCCCCC1)C(=O)c1cc2cc(C(F)(F)F)ccc2n1C. The Hall–Kier alpha value is -2.51. The lowest BCUT2D eigenvalue weighted by Gasteiger charge is -2.26. The molecular formula is C21H26F3N3O2. The zero-order chi connectivity index (χ0) is 21.2. The Kier molecular flexibility index (Phi) is 6.19. The van der Waals surface area contributed by atoms with E-state index in [-0.39, 0.29) is 24.1 Å².